The Morgan fingerprint density at radius 2 is 2.30 bits per heavy atom. The fourth-order valence-electron chi connectivity index (χ4n) is 2.87. The minimum absolute atomic E-state index is 0.0464. The Hall–Kier alpha value is -2.44. The van der Waals surface area contributed by atoms with Gasteiger partial charge in [-0.25, -0.2) is 14.8 Å². The van der Waals surface area contributed by atoms with Crippen LogP contribution in [0.1, 0.15) is 36.0 Å². The second kappa shape index (κ2) is 6.76. The van der Waals surface area contributed by atoms with Crippen LogP contribution in [0.15, 0.2) is 24.7 Å². The van der Waals surface area contributed by atoms with Gasteiger partial charge in [0.25, 0.3) is 0 Å². The Morgan fingerprint density at radius 3 is 3.04 bits per heavy atom. The van der Waals surface area contributed by atoms with E-state index in [2.05, 4.69) is 20.4 Å². The second-order valence-corrected chi connectivity index (χ2v) is 5.99. The van der Waals surface area contributed by atoms with Crippen LogP contribution in [0.4, 0.5) is 4.79 Å². The van der Waals surface area contributed by atoms with E-state index in [4.69, 9.17) is 0 Å². The van der Waals surface area contributed by atoms with E-state index in [1.807, 2.05) is 41.9 Å². The zero-order valence-corrected chi connectivity index (χ0v) is 13.6. The van der Waals surface area contributed by atoms with Crippen molar-refractivity contribution in [3.05, 3.63) is 41.7 Å². The van der Waals surface area contributed by atoms with Gasteiger partial charge < -0.3 is 10.2 Å². The molecule has 0 saturated carbocycles. The fraction of sp³-hybridized carbons (Fsp3) is 0.500. The molecule has 2 aromatic rings. The number of hydrogen-bond acceptors (Lipinski definition) is 4. The topological polar surface area (TPSA) is 75.9 Å². The average Bonchev–Trinajstić information content (AvgIpc) is 2.99. The average molecular weight is 314 g/mol. The van der Waals surface area contributed by atoms with Crippen molar-refractivity contribution < 1.29 is 4.79 Å². The van der Waals surface area contributed by atoms with Crippen molar-refractivity contribution in [1.82, 2.24) is 30.0 Å². The summed E-state index contributed by atoms with van der Waals surface area (Å²) in [6.45, 7) is 5.76. The zero-order valence-electron chi connectivity index (χ0n) is 13.6. The third-order valence-electron chi connectivity index (χ3n) is 4.04. The van der Waals surface area contributed by atoms with Crippen LogP contribution in [-0.2, 0) is 6.54 Å². The number of aryl methyl sites for hydroxylation is 2. The normalized spacial score (nSPS) is 18.0. The molecule has 1 fully saturated rings. The van der Waals surface area contributed by atoms with Crippen LogP contribution >= 0.6 is 0 Å². The second-order valence-electron chi connectivity index (χ2n) is 5.99. The van der Waals surface area contributed by atoms with Gasteiger partial charge in [-0.1, -0.05) is 0 Å². The van der Waals surface area contributed by atoms with E-state index in [0.717, 1.165) is 30.6 Å². The summed E-state index contributed by atoms with van der Waals surface area (Å²) in [5.74, 6) is 0.712. The van der Waals surface area contributed by atoms with Crippen molar-refractivity contribution in [1.29, 1.82) is 0 Å². The van der Waals surface area contributed by atoms with Gasteiger partial charge in [0.15, 0.2) is 0 Å². The molecule has 0 unspecified atom stereocenters. The molecule has 1 saturated heterocycles. The molecule has 7 heteroatoms. The van der Waals surface area contributed by atoms with Gasteiger partial charge in [-0.15, -0.1) is 0 Å². The van der Waals surface area contributed by atoms with Gasteiger partial charge in [-0.2, -0.15) is 5.10 Å². The van der Waals surface area contributed by atoms with E-state index in [0.29, 0.717) is 18.9 Å². The lowest BCUT2D eigenvalue weighted by molar-refractivity contribution is 0.163. The van der Waals surface area contributed by atoms with Crippen molar-refractivity contribution >= 4 is 6.03 Å². The molecule has 2 amide bonds. The molecule has 0 radical (unpaired) electrons. The molecular weight excluding hydrogens is 292 g/mol. The Balaban J connectivity index is 1.56. The summed E-state index contributed by atoms with van der Waals surface area (Å²) in [5, 5.41) is 7.32. The molecule has 23 heavy (non-hydrogen) atoms. The highest BCUT2D eigenvalue weighted by molar-refractivity contribution is 5.74. The molecule has 0 bridgehead atoms. The molecule has 2 aromatic heterocycles. The molecule has 0 aromatic carbocycles. The number of urea groups is 1. The van der Waals surface area contributed by atoms with Crippen LogP contribution in [-0.4, -0.2) is 43.8 Å². The monoisotopic (exact) mass is 314 g/mol. The molecule has 1 atom stereocenters. The van der Waals surface area contributed by atoms with Gasteiger partial charge in [-0.3, -0.25) is 4.68 Å². The first kappa shape index (κ1) is 15.5. The Morgan fingerprint density at radius 1 is 1.43 bits per heavy atom. The maximum absolute atomic E-state index is 12.4. The lowest BCUT2D eigenvalue weighted by atomic mass is 10.1. The minimum Gasteiger partial charge on any atom is -0.332 e. The minimum atomic E-state index is -0.0464. The highest BCUT2D eigenvalue weighted by Crippen LogP contribution is 2.21. The number of amides is 2. The fourth-order valence-corrected chi connectivity index (χ4v) is 2.87. The number of nitrogens with one attached hydrogen (secondary N) is 1. The van der Waals surface area contributed by atoms with Crippen molar-refractivity contribution in [3.8, 4) is 0 Å². The van der Waals surface area contributed by atoms with Crippen LogP contribution < -0.4 is 5.32 Å². The first-order valence-corrected chi connectivity index (χ1v) is 7.94. The Labute approximate surface area is 135 Å². The molecule has 1 aliphatic heterocycles. The number of rotatable bonds is 3. The Kier molecular flexibility index (Phi) is 4.55. The van der Waals surface area contributed by atoms with Gasteiger partial charge in [0.05, 0.1) is 24.5 Å². The predicted molar refractivity (Wildman–Crippen MR) is 85.8 cm³/mol. The number of hydrogen-bond donors (Lipinski definition) is 1. The number of carbonyl (C=O) groups excluding carboxylic acids is 1. The lowest BCUT2D eigenvalue weighted by Gasteiger charge is -2.32. The summed E-state index contributed by atoms with van der Waals surface area (Å²) >= 11 is 0. The van der Waals surface area contributed by atoms with Gasteiger partial charge in [-0.05, 0) is 38.3 Å². The number of likely N-dealkylation sites (tertiary alicyclic amines) is 1. The number of carbonyl (C=O) groups is 1. The van der Waals surface area contributed by atoms with Crippen LogP contribution in [0.2, 0.25) is 0 Å². The van der Waals surface area contributed by atoms with E-state index in [1.54, 1.807) is 6.20 Å². The number of piperidine rings is 1. The molecule has 1 aliphatic rings. The molecule has 0 aliphatic carbocycles. The smallest absolute Gasteiger partial charge is 0.317 e. The quantitative estimate of drug-likeness (QED) is 0.938. The van der Waals surface area contributed by atoms with Gasteiger partial charge >= 0.3 is 6.03 Å². The third-order valence-corrected chi connectivity index (χ3v) is 4.04. The first-order chi connectivity index (χ1) is 11.1. The lowest BCUT2D eigenvalue weighted by Crippen LogP contribution is -2.45. The van der Waals surface area contributed by atoms with Crippen LogP contribution in [0.5, 0.6) is 0 Å². The van der Waals surface area contributed by atoms with E-state index < -0.39 is 0 Å². The molecule has 3 rings (SSSR count). The SMILES string of the molecule is Cc1cnn([C@H]2CCCN(C(=O)NCc3ccnc(C)n3)C2)c1. The molecule has 0 spiro atoms. The summed E-state index contributed by atoms with van der Waals surface area (Å²) in [7, 11) is 0. The van der Waals surface area contributed by atoms with Crippen LogP contribution in [0.3, 0.4) is 0 Å². The van der Waals surface area contributed by atoms with E-state index >= 15 is 0 Å². The number of nitrogens with zero attached hydrogens (tertiary/aromatic N) is 5. The summed E-state index contributed by atoms with van der Waals surface area (Å²) in [6.07, 6.45) is 7.65. The number of aromatic nitrogens is 4. The van der Waals surface area contributed by atoms with Crippen molar-refractivity contribution in [2.45, 2.75) is 39.3 Å². The first-order valence-electron chi connectivity index (χ1n) is 7.94. The molecule has 1 N–H and O–H groups in total. The van der Waals surface area contributed by atoms with Gasteiger partial charge in [0, 0.05) is 25.5 Å². The summed E-state index contributed by atoms with van der Waals surface area (Å²) in [5.41, 5.74) is 1.97. The highest BCUT2D eigenvalue weighted by atomic mass is 16.2. The third kappa shape index (κ3) is 3.85. The maximum atomic E-state index is 12.4. The highest BCUT2D eigenvalue weighted by Gasteiger charge is 2.25. The van der Waals surface area contributed by atoms with Crippen molar-refractivity contribution in [2.75, 3.05) is 13.1 Å². The standard InChI is InChI=1S/C16H22N6O/c1-12-8-19-22(10-12)15-4-3-7-21(11-15)16(23)18-9-14-5-6-17-13(2)20-14/h5-6,8,10,15H,3-4,7,9,11H2,1-2H3,(H,18,23)/t15-/m0/s1. The predicted octanol–water partition coefficient (Wildman–Crippen LogP) is 1.84. The summed E-state index contributed by atoms with van der Waals surface area (Å²) in [6, 6.07) is 2.03. The van der Waals surface area contributed by atoms with E-state index in [1.165, 1.54) is 0 Å². The van der Waals surface area contributed by atoms with Crippen LogP contribution in [0.25, 0.3) is 0 Å². The van der Waals surface area contributed by atoms with Crippen LogP contribution in [0, 0.1) is 13.8 Å². The van der Waals surface area contributed by atoms with Crippen molar-refractivity contribution in [3.63, 3.8) is 0 Å². The molecular formula is C16H22N6O. The van der Waals surface area contributed by atoms with Gasteiger partial charge in [0.2, 0.25) is 0 Å². The van der Waals surface area contributed by atoms with Crippen molar-refractivity contribution in [2.24, 2.45) is 0 Å². The maximum Gasteiger partial charge on any atom is 0.317 e. The largest absolute Gasteiger partial charge is 0.332 e. The molecule has 3 heterocycles. The molecule has 7 nitrogen and oxygen atoms in total. The summed E-state index contributed by atoms with van der Waals surface area (Å²) < 4.78 is 1.97. The van der Waals surface area contributed by atoms with E-state index in [9.17, 15) is 4.79 Å². The Bertz CT molecular complexity index is 683. The van der Waals surface area contributed by atoms with Gasteiger partial charge in [0.1, 0.15) is 5.82 Å². The zero-order chi connectivity index (χ0) is 16.2. The summed E-state index contributed by atoms with van der Waals surface area (Å²) in [4.78, 5) is 22.6. The molecule has 122 valence electrons. The van der Waals surface area contributed by atoms with E-state index in [-0.39, 0.29) is 12.1 Å².